The number of alkyl carbamates (subject to hydrolysis) is 1. The normalized spacial score (nSPS) is 16.6. The SMILES string of the molecule is CC(C)(C)OC(=O)C(C)(C)ON=C(C(=O)NC1C(=O)N2C(NC(=O)OC(c3ccccc3)c3ccccc3)=C(c3cnc(-c4cccnc4)s3)C[S+]([O-])C12)c1csc(NC(c2ccccc2)(c2ccccc2)c2ccccc2)n1. The number of β-lactam (4-membered cyclic amide) rings is 1. The van der Waals surface area contributed by atoms with Gasteiger partial charge in [-0.3, -0.25) is 19.9 Å². The number of anilines is 1. The Morgan fingerprint density at radius 3 is 1.89 bits per heavy atom. The third-order valence-corrected chi connectivity index (χ3v) is 16.4. The lowest BCUT2D eigenvalue weighted by Crippen LogP contribution is -2.75. The van der Waals surface area contributed by atoms with Gasteiger partial charge in [0.25, 0.3) is 11.8 Å². The number of carbonyl (C=O) groups excluding carboxylic acids is 4. The first-order valence-corrected chi connectivity index (χ1v) is 28.3. The van der Waals surface area contributed by atoms with Crippen LogP contribution in [0.25, 0.3) is 16.1 Å². The topological polar surface area (TPSA) is 209 Å². The Bertz CT molecular complexity index is 3390. The smallest absolute Gasteiger partial charge is 0.413 e. The lowest BCUT2D eigenvalue weighted by Gasteiger charge is -2.49. The zero-order chi connectivity index (χ0) is 55.3. The van der Waals surface area contributed by atoms with Crippen LogP contribution in [0.15, 0.2) is 199 Å². The zero-order valence-electron chi connectivity index (χ0n) is 43.6. The highest BCUT2D eigenvalue weighted by Gasteiger charge is 2.61. The van der Waals surface area contributed by atoms with Gasteiger partial charge in [-0.2, -0.15) is 0 Å². The van der Waals surface area contributed by atoms with Crippen LogP contribution in [0.5, 0.6) is 0 Å². The molecule has 3 amide bonds. The minimum Gasteiger partial charge on any atom is -0.614 e. The summed E-state index contributed by atoms with van der Waals surface area (Å²) in [4.78, 5) is 78.9. The van der Waals surface area contributed by atoms with Gasteiger partial charge < -0.3 is 29.5 Å². The van der Waals surface area contributed by atoms with E-state index in [0.717, 1.165) is 22.3 Å². The number of nitrogens with zero attached hydrogens (tertiary/aromatic N) is 5. The first-order chi connectivity index (χ1) is 38.1. The first kappa shape index (κ1) is 53.9. The van der Waals surface area contributed by atoms with E-state index in [1.54, 1.807) is 50.8 Å². The Kier molecular flexibility index (Phi) is 15.6. The number of pyridine rings is 1. The zero-order valence-corrected chi connectivity index (χ0v) is 46.0. The molecule has 3 unspecified atom stereocenters. The van der Waals surface area contributed by atoms with E-state index in [0.29, 0.717) is 31.7 Å². The van der Waals surface area contributed by atoms with E-state index in [-0.39, 0.29) is 17.3 Å². The molecule has 2 aliphatic rings. The van der Waals surface area contributed by atoms with Crippen LogP contribution < -0.4 is 16.0 Å². The maximum absolute atomic E-state index is 14.9. The molecule has 0 aliphatic carbocycles. The van der Waals surface area contributed by atoms with Crippen LogP contribution in [0.2, 0.25) is 0 Å². The van der Waals surface area contributed by atoms with Gasteiger partial charge in [0.2, 0.25) is 11.0 Å². The number of oxime groups is 1. The third-order valence-electron chi connectivity index (χ3n) is 12.9. The highest BCUT2D eigenvalue weighted by molar-refractivity contribution is 7.92. The molecule has 3 aromatic heterocycles. The fourth-order valence-electron chi connectivity index (χ4n) is 9.12. The van der Waals surface area contributed by atoms with Crippen LogP contribution in [0, 0.1) is 0 Å². The van der Waals surface area contributed by atoms with Gasteiger partial charge in [-0.1, -0.05) is 157 Å². The standard InChI is InChI=1S/C60H54N8O8S3/c1-58(2,3)75-55(71)59(4,5)76-67-47(45-36-77-56(63-45)66-60(41-27-15-8-16-28-41,42-29-17-9-18-30-42)43-31-19-10-20-32-43)51(69)64-48-53(70)68-50(65-57(72)74-49(38-22-11-6-12-23-38)39-24-13-7-14-25-39)44(37-79(73)54(48)68)46-35-62-52(78-46)40-26-21-33-61-34-40/h6-36,48-49,54H,37H2,1-5H3,(H,63,66)(H,64,69)(H,65,72). The lowest BCUT2D eigenvalue weighted by molar-refractivity contribution is -0.179. The van der Waals surface area contributed by atoms with Crippen molar-refractivity contribution in [3.8, 4) is 10.6 Å². The minimum atomic E-state index is -1.87. The number of rotatable bonds is 17. The summed E-state index contributed by atoms with van der Waals surface area (Å²) in [6, 6.07) is 50.4. The molecule has 3 atom stereocenters. The minimum absolute atomic E-state index is 0.0247. The van der Waals surface area contributed by atoms with Gasteiger partial charge in [-0.15, -0.1) is 22.7 Å². The molecule has 1 saturated heterocycles. The molecule has 10 rings (SSSR count). The van der Waals surface area contributed by atoms with Crippen LogP contribution in [0.3, 0.4) is 0 Å². The second-order valence-electron chi connectivity index (χ2n) is 20.0. The van der Waals surface area contributed by atoms with E-state index in [2.05, 4.69) is 31.1 Å². The molecular weight excluding hydrogens is 1060 g/mol. The van der Waals surface area contributed by atoms with Gasteiger partial charge >= 0.3 is 12.1 Å². The largest absolute Gasteiger partial charge is 0.614 e. The van der Waals surface area contributed by atoms with Crippen LogP contribution in [-0.2, 0) is 45.4 Å². The van der Waals surface area contributed by atoms with Crippen LogP contribution >= 0.6 is 22.7 Å². The van der Waals surface area contributed by atoms with Crippen molar-refractivity contribution in [2.24, 2.45) is 5.16 Å². The van der Waals surface area contributed by atoms with Crippen molar-refractivity contribution in [3.63, 3.8) is 0 Å². The summed E-state index contributed by atoms with van der Waals surface area (Å²) in [6.45, 7) is 8.05. The first-order valence-electron chi connectivity index (χ1n) is 25.2. The summed E-state index contributed by atoms with van der Waals surface area (Å²) in [5.74, 6) is -2.48. The maximum atomic E-state index is 14.9. The Morgan fingerprint density at radius 1 is 0.772 bits per heavy atom. The van der Waals surface area contributed by atoms with Crippen LogP contribution in [0.1, 0.15) is 79.1 Å². The summed E-state index contributed by atoms with van der Waals surface area (Å²) in [5.41, 5.74) is 1.29. The quantitative estimate of drug-likeness (QED) is 0.0194. The molecule has 1 fully saturated rings. The van der Waals surface area contributed by atoms with Gasteiger partial charge in [-0.25, -0.2) is 24.5 Å². The van der Waals surface area contributed by atoms with Crippen molar-refractivity contribution in [3.05, 3.63) is 232 Å². The van der Waals surface area contributed by atoms with E-state index >= 15 is 0 Å². The van der Waals surface area contributed by atoms with E-state index in [1.807, 2.05) is 158 Å². The van der Waals surface area contributed by atoms with Crippen LogP contribution in [0.4, 0.5) is 9.93 Å². The number of amides is 3. The average molecular weight is 1110 g/mol. The number of fused-ring (bicyclic) bond motifs is 1. The monoisotopic (exact) mass is 1110 g/mol. The predicted molar refractivity (Wildman–Crippen MR) is 305 cm³/mol. The van der Waals surface area contributed by atoms with Gasteiger partial charge in [0.15, 0.2) is 23.0 Å². The lowest BCUT2D eigenvalue weighted by atomic mass is 9.77. The van der Waals surface area contributed by atoms with Gasteiger partial charge in [-0.05, 0) is 85.7 Å². The number of nitrogens with one attached hydrogen (secondary N) is 3. The van der Waals surface area contributed by atoms with E-state index in [4.69, 9.17) is 19.3 Å². The second kappa shape index (κ2) is 22.8. The summed E-state index contributed by atoms with van der Waals surface area (Å²) >= 11 is 0.598. The fourth-order valence-corrected chi connectivity index (χ4v) is 12.6. The number of thiazole rings is 2. The van der Waals surface area contributed by atoms with Crippen molar-refractivity contribution in [1.29, 1.82) is 0 Å². The molecule has 19 heteroatoms. The molecule has 16 nitrogen and oxygen atoms in total. The van der Waals surface area contributed by atoms with Gasteiger partial charge in [0.05, 0.1) is 10.5 Å². The molecule has 0 radical (unpaired) electrons. The number of benzene rings is 5. The Labute approximate surface area is 467 Å². The number of aromatic nitrogens is 3. The summed E-state index contributed by atoms with van der Waals surface area (Å²) in [5, 5.41) is 15.1. The average Bonchev–Trinajstić information content (AvgIpc) is 4.28. The molecule has 79 heavy (non-hydrogen) atoms. The number of hydrogen-bond acceptors (Lipinski definition) is 15. The van der Waals surface area contributed by atoms with Crippen molar-refractivity contribution in [1.82, 2.24) is 30.5 Å². The molecule has 5 heterocycles. The fraction of sp³-hybridized carbons (Fsp3) is 0.200. The summed E-state index contributed by atoms with van der Waals surface area (Å²) < 4.78 is 26.5. The van der Waals surface area contributed by atoms with E-state index in [1.165, 1.54) is 41.4 Å². The number of carbonyl (C=O) groups is 4. The van der Waals surface area contributed by atoms with Crippen molar-refractivity contribution in [2.75, 3.05) is 11.1 Å². The van der Waals surface area contributed by atoms with Crippen molar-refractivity contribution >= 4 is 74.1 Å². The molecular formula is C60H54N8O8S3. The number of ether oxygens (including phenoxy) is 2. The second-order valence-corrected chi connectivity index (χ2v) is 23.4. The molecule has 3 N–H and O–H groups in total. The highest BCUT2D eigenvalue weighted by atomic mass is 32.2. The third kappa shape index (κ3) is 11.6. The van der Waals surface area contributed by atoms with Crippen LogP contribution in [-0.4, -0.2) is 82.4 Å². The summed E-state index contributed by atoms with van der Waals surface area (Å²) in [6.07, 6.45) is 3.17. The summed E-state index contributed by atoms with van der Waals surface area (Å²) in [7, 11) is 0. The van der Waals surface area contributed by atoms with E-state index < -0.39 is 75.0 Å². The molecule has 400 valence electrons. The molecule has 0 bridgehead atoms. The van der Waals surface area contributed by atoms with Crippen molar-refractivity contribution < 1.29 is 38.0 Å². The Hall–Kier alpha value is -8.49. The Balaban J connectivity index is 0.990. The maximum Gasteiger partial charge on any atom is 0.413 e. The highest BCUT2D eigenvalue weighted by Crippen LogP contribution is 2.43. The molecule has 5 aromatic carbocycles. The molecule has 0 spiro atoms. The number of esters is 1. The number of hydrogen-bond donors (Lipinski definition) is 3. The Morgan fingerprint density at radius 2 is 1.34 bits per heavy atom. The van der Waals surface area contributed by atoms with Crippen molar-refractivity contribution in [2.45, 2.75) is 68.9 Å². The van der Waals surface area contributed by atoms with Gasteiger partial charge in [0, 0.05) is 29.5 Å². The van der Waals surface area contributed by atoms with Gasteiger partial charge in [0.1, 0.15) is 33.4 Å². The molecule has 2 aliphatic heterocycles. The predicted octanol–water partition coefficient (Wildman–Crippen LogP) is 10.2. The molecule has 8 aromatic rings. The van der Waals surface area contributed by atoms with E-state index in [9.17, 15) is 23.7 Å². The molecule has 0 saturated carbocycles.